The van der Waals surface area contributed by atoms with Crippen LogP contribution in [0, 0.1) is 0 Å². The van der Waals surface area contributed by atoms with E-state index >= 15 is 0 Å². The fraction of sp³-hybridized carbons (Fsp3) is 0.500. The van der Waals surface area contributed by atoms with Gasteiger partial charge in [0, 0.05) is 25.5 Å². The molecule has 0 aliphatic carbocycles. The second-order valence-electron chi connectivity index (χ2n) is 3.44. The largest absolute Gasteiger partial charge is 0.493 e. The molecule has 0 N–H and O–H groups in total. The first-order valence-electron chi connectivity index (χ1n) is 5.27. The van der Waals surface area contributed by atoms with E-state index in [0.717, 1.165) is 33.3 Å². The van der Waals surface area contributed by atoms with Crippen LogP contribution in [0.5, 0.6) is 11.5 Å². The molecule has 0 amide bonds. The Bertz CT molecular complexity index is 356. The molecule has 1 rings (SSSR count). The van der Waals surface area contributed by atoms with Gasteiger partial charge in [-0.25, -0.2) is 0 Å². The lowest BCUT2D eigenvalue weighted by Gasteiger charge is -2.13. The molecule has 0 heterocycles. The van der Waals surface area contributed by atoms with Gasteiger partial charge in [-0.2, -0.15) is 0 Å². The molecule has 17 heavy (non-hydrogen) atoms. The van der Waals surface area contributed by atoms with E-state index in [0.29, 0.717) is 13.2 Å². The molecule has 1 aromatic rings. The number of hydrogen-bond acceptors (Lipinski definition) is 3. The number of benzene rings is 1. The van der Waals surface area contributed by atoms with E-state index in [-0.39, 0.29) is 0 Å². The van der Waals surface area contributed by atoms with Gasteiger partial charge in [0.2, 0.25) is 0 Å². The third-order valence-electron chi connectivity index (χ3n) is 2.18. The van der Waals surface area contributed by atoms with E-state index in [1.165, 1.54) is 0 Å². The molecule has 0 aliphatic heterocycles. The predicted molar refractivity (Wildman–Crippen MR) is 75.3 cm³/mol. The van der Waals surface area contributed by atoms with E-state index < -0.39 is 0 Å². The number of ether oxygens (including phenoxy) is 3. The van der Waals surface area contributed by atoms with E-state index in [4.69, 9.17) is 14.2 Å². The number of methoxy groups -OCH3 is 2. The minimum atomic E-state index is 0.608. The molecule has 3 nitrogen and oxygen atoms in total. The average molecular weight is 368 g/mol. The van der Waals surface area contributed by atoms with Crippen molar-refractivity contribution in [2.75, 3.05) is 27.4 Å². The van der Waals surface area contributed by atoms with Gasteiger partial charge in [-0.3, -0.25) is 0 Å². The Morgan fingerprint density at radius 1 is 1.18 bits per heavy atom. The quantitative estimate of drug-likeness (QED) is 0.542. The summed E-state index contributed by atoms with van der Waals surface area (Å²) in [6.45, 7) is 1.30. The second kappa shape index (κ2) is 7.95. The molecule has 1 aromatic carbocycles. The van der Waals surface area contributed by atoms with Crippen LogP contribution in [0.15, 0.2) is 16.6 Å². The van der Waals surface area contributed by atoms with Crippen molar-refractivity contribution in [1.29, 1.82) is 0 Å². The molecule has 0 saturated heterocycles. The summed E-state index contributed by atoms with van der Waals surface area (Å²) >= 11 is 6.91. The SMILES string of the molecule is COCCCOc1c(Br)cc(CBr)cc1OC. The second-order valence-corrected chi connectivity index (χ2v) is 4.85. The summed E-state index contributed by atoms with van der Waals surface area (Å²) in [6, 6.07) is 3.98. The fourth-order valence-corrected chi connectivity index (χ4v) is 2.30. The molecular formula is C12H16Br2O3. The lowest BCUT2D eigenvalue weighted by atomic mass is 10.2. The Kier molecular flexibility index (Phi) is 6.92. The van der Waals surface area contributed by atoms with Gasteiger partial charge in [0.25, 0.3) is 0 Å². The molecule has 0 saturated carbocycles. The lowest BCUT2D eigenvalue weighted by molar-refractivity contribution is 0.170. The zero-order valence-electron chi connectivity index (χ0n) is 9.96. The van der Waals surface area contributed by atoms with Crippen LogP contribution < -0.4 is 9.47 Å². The van der Waals surface area contributed by atoms with Crippen molar-refractivity contribution in [2.45, 2.75) is 11.8 Å². The van der Waals surface area contributed by atoms with Gasteiger partial charge in [0.15, 0.2) is 11.5 Å². The Morgan fingerprint density at radius 3 is 2.53 bits per heavy atom. The number of halogens is 2. The molecule has 0 radical (unpaired) electrons. The van der Waals surface area contributed by atoms with Crippen LogP contribution in [0.1, 0.15) is 12.0 Å². The number of rotatable bonds is 7. The van der Waals surface area contributed by atoms with E-state index in [1.54, 1.807) is 14.2 Å². The maximum absolute atomic E-state index is 5.69. The maximum Gasteiger partial charge on any atom is 0.175 e. The van der Waals surface area contributed by atoms with Gasteiger partial charge < -0.3 is 14.2 Å². The summed E-state index contributed by atoms with van der Waals surface area (Å²) in [5.41, 5.74) is 1.14. The van der Waals surface area contributed by atoms with Gasteiger partial charge in [0.1, 0.15) is 0 Å². The Hall–Kier alpha value is -0.260. The molecule has 0 aliphatic rings. The van der Waals surface area contributed by atoms with Crippen molar-refractivity contribution in [2.24, 2.45) is 0 Å². The molecule has 96 valence electrons. The van der Waals surface area contributed by atoms with Gasteiger partial charge in [0.05, 0.1) is 18.2 Å². The smallest absolute Gasteiger partial charge is 0.175 e. The normalized spacial score (nSPS) is 10.4. The van der Waals surface area contributed by atoms with Crippen molar-refractivity contribution >= 4 is 31.9 Å². The van der Waals surface area contributed by atoms with Crippen molar-refractivity contribution in [3.05, 3.63) is 22.2 Å². The summed E-state index contributed by atoms with van der Waals surface area (Å²) in [5, 5.41) is 0.784. The average Bonchev–Trinajstić information content (AvgIpc) is 2.35. The fourth-order valence-electron chi connectivity index (χ4n) is 1.37. The molecule has 0 aromatic heterocycles. The molecule has 5 heteroatoms. The van der Waals surface area contributed by atoms with Crippen molar-refractivity contribution in [3.63, 3.8) is 0 Å². The van der Waals surface area contributed by atoms with Crippen molar-refractivity contribution in [1.82, 2.24) is 0 Å². The Labute approximate surface area is 119 Å². The number of alkyl halides is 1. The zero-order valence-corrected chi connectivity index (χ0v) is 13.1. The Morgan fingerprint density at radius 2 is 1.94 bits per heavy atom. The standard InChI is InChI=1S/C12H16Br2O3/c1-15-4-3-5-17-12-10(14)6-9(8-13)7-11(12)16-2/h6-7H,3-5,8H2,1-2H3. The van der Waals surface area contributed by atoms with E-state index in [9.17, 15) is 0 Å². The van der Waals surface area contributed by atoms with Crippen LogP contribution in [0.25, 0.3) is 0 Å². The molecule has 0 fully saturated rings. The predicted octanol–water partition coefficient (Wildman–Crippen LogP) is 3.77. The highest BCUT2D eigenvalue weighted by molar-refractivity contribution is 9.10. The first kappa shape index (κ1) is 14.8. The Balaban J connectivity index is 2.75. The van der Waals surface area contributed by atoms with Crippen LogP contribution in [0.4, 0.5) is 0 Å². The first-order chi connectivity index (χ1) is 8.22. The minimum Gasteiger partial charge on any atom is -0.493 e. The molecule has 0 bridgehead atoms. The van der Waals surface area contributed by atoms with Crippen LogP contribution in [0.3, 0.4) is 0 Å². The summed E-state index contributed by atoms with van der Waals surface area (Å²) in [4.78, 5) is 0. The molecule has 0 unspecified atom stereocenters. The highest BCUT2D eigenvalue weighted by atomic mass is 79.9. The third kappa shape index (κ3) is 4.48. The maximum atomic E-state index is 5.69. The van der Waals surface area contributed by atoms with Crippen LogP contribution in [-0.2, 0) is 10.1 Å². The third-order valence-corrected chi connectivity index (χ3v) is 3.42. The molecule has 0 spiro atoms. The molecule has 0 atom stereocenters. The topological polar surface area (TPSA) is 27.7 Å². The van der Waals surface area contributed by atoms with E-state index in [2.05, 4.69) is 31.9 Å². The van der Waals surface area contributed by atoms with Gasteiger partial charge >= 0.3 is 0 Å². The van der Waals surface area contributed by atoms with E-state index in [1.807, 2.05) is 12.1 Å². The van der Waals surface area contributed by atoms with Gasteiger partial charge in [-0.15, -0.1) is 0 Å². The first-order valence-corrected chi connectivity index (χ1v) is 7.18. The van der Waals surface area contributed by atoms with Crippen LogP contribution in [0.2, 0.25) is 0 Å². The molecular weight excluding hydrogens is 352 g/mol. The zero-order chi connectivity index (χ0) is 12.7. The monoisotopic (exact) mass is 366 g/mol. The van der Waals surface area contributed by atoms with Crippen molar-refractivity contribution in [3.8, 4) is 11.5 Å². The summed E-state index contributed by atoms with van der Waals surface area (Å²) in [7, 11) is 3.32. The number of hydrogen-bond donors (Lipinski definition) is 0. The summed E-state index contributed by atoms with van der Waals surface area (Å²) in [6.07, 6.45) is 0.853. The summed E-state index contributed by atoms with van der Waals surface area (Å²) in [5.74, 6) is 1.49. The lowest BCUT2D eigenvalue weighted by Crippen LogP contribution is -2.03. The minimum absolute atomic E-state index is 0.608. The highest BCUT2D eigenvalue weighted by Crippen LogP contribution is 2.37. The van der Waals surface area contributed by atoms with Crippen LogP contribution in [-0.4, -0.2) is 27.4 Å². The van der Waals surface area contributed by atoms with Crippen LogP contribution >= 0.6 is 31.9 Å². The van der Waals surface area contributed by atoms with Gasteiger partial charge in [-0.05, 0) is 33.6 Å². The van der Waals surface area contributed by atoms with Gasteiger partial charge in [-0.1, -0.05) is 15.9 Å². The highest BCUT2D eigenvalue weighted by Gasteiger charge is 2.11. The summed E-state index contributed by atoms with van der Waals surface area (Å²) < 4.78 is 16.9. The van der Waals surface area contributed by atoms with Crippen molar-refractivity contribution < 1.29 is 14.2 Å².